The number of benzene rings is 1. The number of hydrogen-bond acceptors (Lipinski definition) is 10. The van der Waals surface area contributed by atoms with Crippen LogP contribution in [0.25, 0.3) is 11.8 Å². The number of carbonyl (C=O) groups is 4. The van der Waals surface area contributed by atoms with Crippen LogP contribution in [0, 0.1) is 16.7 Å². The highest BCUT2D eigenvalue weighted by Gasteiger charge is 2.65. The number of rotatable bonds is 5. The van der Waals surface area contributed by atoms with Crippen LogP contribution in [-0.2, 0) is 25.6 Å². The number of aromatic hydroxyl groups is 1. The molecule has 12 nitrogen and oxygen atoms in total. The number of aliphatic hydroxyl groups is 2. The third-order valence-electron chi connectivity index (χ3n) is 7.58. The molecule has 4 rings (SSSR count). The second kappa shape index (κ2) is 9.30. The van der Waals surface area contributed by atoms with E-state index in [9.17, 15) is 39.4 Å². The minimum Gasteiger partial charge on any atom is -0.507 e. The predicted molar refractivity (Wildman–Crippen MR) is 135 cm³/mol. The molecule has 12 heteroatoms. The molecule has 38 heavy (non-hydrogen) atoms. The van der Waals surface area contributed by atoms with Crippen molar-refractivity contribution in [3.8, 4) is 5.75 Å². The molecule has 200 valence electrons. The van der Waals surface area contributed by atoms with Crippen molar-refractivity contribution < 1.29 is 34.5 Å². The van der Waals surface area contributed by atoms with E-state index in [-0.39, 0.29) is 35.6 Å². The first-order valence-electron chi connectivity index (χ1n) is 11.8. The number of hydrogen-bond donors (Lipinski definition) is 4. The van der Waals surface area contributed by atoms with Crippen LogP contribution >= 0.6 is 0 Å². The van der Waals surface area contributed by atoms with Gasteiger partial charge >= 0.3 is 0 Å². The number of phenolic OH excluding ortho intramolecular Hbond substituents is 1. The van der Waals surface area contributed by atoms with Crippen LogP contribution in [0.15, 0.2) is 40.2 Å². The summed E-state index contributed by atoms with van der Waals surface area (Å²) in [5.41, 5.74) is 1.88. The average molecular weight is 525 g/mol. The highest BCUT2D eigenvalue weighted by atomic mass is 16.3. The van der Waals surface area contributed by atoms with Gasteiger partial charge < -0.3 is 30.9 Å². The van der Waals surface area contributed by atoms with Gasteiger partial charge in [0.2, 0.25) is 17.5 Å². The molecular weight excluding hydrogens is 496 g/mol. The molecule has 1 fully saturated rings. The van der Waals surface area contributed by atoms with Crippen molar-refractivity contribution in [1.82, 2.24) is 9.80 Å². The Morgan fingerprint density at radius 1 is 1.13 bits per heavy atom. The smallest absolute Gasteiger partial charge is 0.254 e. The fraction of sp³-hybridized carbons (Fsp3) is 0.385. The second-order valence-electron chi connectivity index (χ2n) is 10.1. The maximum absolute atomic E-state index is 13.8. The lowest BCUT2D eigenvalue weighted by molar-refractivity contribution is -0.161. The molecule has 2 amide bonds. The van der Waals surface area contributed by atoms with E-state index in [4.69, 9.17) is 5.73 Å². The van der Waals surface area contributed by atoms with Crippen molar-refractivity contribution in [1.29, 1.82) is 0 Å². The van der Waals surface area contributed by atoms with E-state index in [0.29, 0.717) is 11.1 Å². The number of nitrogens with zero attached hydrogens (tertiary/aromatic N) is 3. The van der Waals surface area contributed by atoms with Gasteiger partial charge in [-0.3, -0.25) is 19.2 Å². The van der Waals surface area contributed by atoms with Gasteiger partial charge in [0.1, 0.15) is 22.8 Å². The molecule has 0 saturated heterocycles. The predicted octanol–water partition coefficient (Wildman–Crippen LogP) is 0.274. The van der Waals surface area contributed by atoms with Crippen molar-refractivity contribution in [2.75, 3.05) is 28.2 Å². The van der Waals surface area contributed by atoms with E-state index in [0.717, 1.165) is 0 Å². The zero-order valence-electron chi connectivity index (χ0n) is 21.3. The molecule has 3 aliphatic carbocycles. The molecule has 0 aromatic heterocycles. The van der Waals surface area contributed by atoms with Gasteiger partial charge in [-0.2, -0.15) is 0 Å². The van der Waals surface area contributed by atoms with Crippen LogP contribution in [0.3, 0.4) is 0 Å². The van der Waals surface area contributed by atoms with E-state index >= 15 is 0 Å². The van der Waals surface area contributed by atoms with E-state index in [1.54, 1.807) is 20.2 Å². The Kier molecular flexibility index (Phi) is 6.58. The Balaban J connectivity index is 1.92. The molecule has 0 heterocycles. The zero-order valence-corrected chi connectivity index (χ0v) is 21.3. The summed E-state index contributed by atoms with van der Waals surface area (Å²) in [6, 6.07) is 1.76. The van der Waals surface area contributed by atoms with E-state index in [2.05, 4.69) is 5.18 Å². The first kappa shape index (κ1) is 26.9. The van der Waals surface area contributed by atoms with Crippen molar-refractivity contribution in [3.63, 3.8) is 0 Å². The van der Waals surface area contributed by atoms with Gasteiger partial charge in [0.05, 0.1) is 11.6 Å². The number of primary amides is 1. The molecule has 1 saturated carbocycles. The van der Waals surface area contributed by atoms with Gasteiger partial charge in [-0.1, -0.05) is 6.07 Å². The first-order chi connectivity index (χ1) is 17.8. The molecule has 1 aromatic carbocycles. The van der Waals surface area contributed by atoms with Crippen molar-refractivity contribution in [2.45, 2.75) is 24.5 Å². The Labute approximate surface area is 217 Å². The molecule has 0 spiro atoms. The quantitative estimate of drug-likeness (QED) is 0.181. The van der Waals surface area contributed by atoms with Crippen LogP contribution in [0.2, 0.25) is 0 Å². The average Bonchev–Trinajstić information content (AvgIpc) is 2.84. The summed E-state index contributed by atoms with van der Waals surface area (Å²) in [5, 5.41) is 36.3. The lowest BCUT2D eigenvalue weighted by atomic mass is 9.56. The van der Waals surface area contributed by atoms with E-state index < -0.39 is 58.0 Å². The number of likely N-dealkylation sites (N-methyl/N-ethyl adjacent to an activating group) is 2. The van der Waals surface area contributed by atoms with E-state index in [1.807, 2.05) is 0 Å². The van der Waals surface area contributed by atoms with Gasteiger partial charge in [0.25, 0.3) is 5.91 Å². The number of nitrogens with two attached hydrogens (primary N) is 1. The molecule has 5 N–H and O–H groups in total. The number of amides is 2. The monoisotopic (exact) mass is 524 g/mol. The second-order valence-corrected chi connectivity index (χ2v) is 10.1. The SMILES string of the molecule is CN(C)C(=O)/C=C/c1ccc(O)c2c1C[C@H]1C[C@H]3[C@H](N(C)C)C(N=O)=C(C(N)=O)C(=O)[C@@]3(O)C(=O)C1=C2O. The molecule has 3 aliphatic rings. The van der Waals surface area contributed by atoms with Crippen molar-refractivity contribution in [2.24, 2.45) is 22.7 Å². The highest BCUT2D eigenvalue weighted by Crippen LogP contribution is 2.52. The molecular formula is C26H28N4O8. The summed E-state index contributed by atoms with van der Waals surface area (Å²) < 4.78 is 0. The van der Waals surface area contributed by atoms with Crippen molar-refractivity contribution in [3.05, 3.63) is 56.6 Å². The number of Topliss-reactive ketones (excluding diaryl/α,β-unsaturated/α-hetero) is 2. The lowest BCUT2D eigenvalue weighted by Gasteiger charge is -2.50. The molecule has 0 unspecified atom stereocenters. The van der Waals surface area contributed by atoms with Gasteiger partial charge in [-0.15, -0.1) is 4.91 Å². The van der Waals surface area contributed by atoms with Crippen molar-refractivity contribution >= 4 is 35.2 Å². The van der Waals surface area contributed by atoms with Crippen LogP contribution in [-0.4, -0.2) is 88.3 Å². The van der Waals surface area contributed by atoms with Gasteiger partial charge in [0.15, 0.2) is 5.60 Å². The number of fused-ring (bicyclic) bond motifs is 3. The number of aliphatic hydroxyl groups excluding tert-OH is 1. The molecule has 0 aliphatic heterocycles. The maximum atomic E-state index is 13.8. The lowest BCUT2D eigenvalue weighted by Crippen LogP contribution is -2.67. The van der Waals surface area contributed by atoms with Crippen LogP contribution in [0.1, 0.15) is 23.1 Å². The summed E-state index contributed by atoms with van der Waals surface area (Å²) in [5.74, 6) is -6.95. The number of ketones is 2. The first-order valence-corrected chi connectivity index (χ1v) is 11.8. The minimum absolute atomic E-state index is 0.0455. The fourth-order valence-corrected chi connectivity index (χ4v) is 5.84. The summed E-state index contributed by atoms with van der Waals surface area (Å²) in [6.45, 7) is 0. The Bertz CT molecular complexity index is 1390. The normalized spacial score (nSPS) is 26.8. The largest absolute Gasteiger partial charge is 0.507 e. The Morgan fingerprint density at radius 2 is 1.79 bits per heavy atom. The van der Waals surface area contributed by atoms with Gasteiger partial charge in [0, 0.05) is 31.7 Å². The summed E-state index contributed by atoms with van der Waals surface area (Å²) in [6.07, 6.45) is 2.93. The number of phenols is 1. The third kappa shape index (κ3) is 3.75. The Hall–Kier alpha value is -4.16. The molecule has 4 atom stereocenters. The zero-order chi connectivity index (χ0) is 28.3. The summed E-state index contributed by atoms with van der Waals surface area (Å²) in [4.78, 5) is 66.1. The highest BCUT2D eigenvalue weighted by molar-refractivity contribution is 6.33. The summed E-state index contributed by atoms with van der Waals surface area (Å²) in [7, 11) is 6.25. The third-order valence-corrected chi connectivity index (χ3v) is 7.58. The standard InChI is InChI=1S/C26H28N4O8/c1-29(2)16(32)8-6-11-5-7-15(31)18-13(11)9-12-10-14-21(30(3)4)20(28-38)19(25(27)36)24(35)26(14,37)23(34)17(12)22(18)33/h5-8,12,14,21,31,33,37H,9-10H2,1-4H3,(H2,27,36)/b8-6+/t12-,14-,21-,26-/m0/s1. The fourth-order valence-electron chi connectivity index (χ4n) is 5.84. The number of carbonyl (C=O) groups excluding carboxylic acids is 4. The number of nitroso groups, excluding NO2 is 1. The molecule has 0 bridgehead atoms. The Morgan fingerprint density at radius 3 is 2.34 bits per heavy atom. The van der Waals surface area contributed by atoms with Crippen LogP contribution in [0.4, 0.5) is 0 Å². The molecule has 0 radical (unpaired) electrons. The minimum atomic E-state index is -2.80. The topological polar surface area (TPSA) is 191 Å². The van der Waals surface area contributed by atoms with Gasteiger partial charge in [-0.05, 0) is 61.3 Å². The molecule has 1 aromatic rings. The van der Waals surface area contributed by atoms with Crippen LogP contribution < -0.4 is 5.73 Å². The van der Waals surface area contributed by atoms with Gasteiger partial charge in [-0.25, -0.2) is 0 Å². The summed E-state index contributed by atoms with van der Waals surface area (Å²) >= 11 is 0. The maximum Gasteiger partial charge on any atom is 0.254 e. The van der Waals surface area contributed by atoms with Crippen LogP contribution in [0.5, 0.6) is 5.75 Å². The van der Waals surface area contributed by atoms with E-state index in [1.165, 1.54) is 42.1 Å².